The average molecular weight is 606 g/mol. The summed E-state index contributed by atoms with van der Waals surface area (Å²) in [7, 11) is 4.19. The number of hydrogen-bond donors (Lipinski definition) is 0. The zero-order chi connectivity index (χ0) is 31.1. The number of piperidine rings is 1. The molecule has 2 aliphatic heterocycles. The van der Waals surface area contributed by atoms with E-state index in [0.717, 1.165) is 74.5 Å². The van der Waals surface area contributed by atoms with Gasteiger partial charge in [-0.05, 0) is 112 Å². The highest BCUT2D eigenvalue weighted by Gasteiger charge is 2.31. The van der Waals surface area contributed by atoms with Gasteiger partial charge in [0.15, 0.2) is 0 Å². The lowest BCUT2D eigenvalue weighted by molar-refractivity contribution is -0.137. The molecule has 1 atom stereocenters. The zero-order valence-electron chi connectivity index (χ0n) is 25.6. The SMILES string of the molecule is CN1CCC(N2CCCC(N(Cc3ccc(N(C)c4ccncc4)cc3)C(=O)/C=C/c3ccc(C(F)(F)F)cc3)CC2)CC1. The number of anilines is 2. The standard InChI is InChI=1S/C35H42F3N5O/c1-40-23-17-32(18-24-40)42-22-3-4-33(19-25-42)43(34(44)14-9-27-5-10-29(11-6-27)35(36,37)38)26-28-7-12-30(13-8-28)41(2)31-15-20-39-21-16-31/h5-16,20-21,32-33H,3-4,17-19,22-26H2,1-2H3/b14-9+. The van der Waals surface area contributed by atoms with E-state index in [2.05, 4.69) is 51.0 Å². The number of benzene rings is 2. The van der Waals surface area contributed by atoms with Gasteiger partial charge in [0.05, 0.1) is 5.56 Å². The zero-order valence-corrected chi connectivity index (χ0v) is 25.6. The van der Waals surface area contributed by atoms with E-state index in [9.17, 15) is 18.0 Å². The average Bonchev–Trinajstić information content (AvgIpc) is 3.29. The van der Waals surface area contributed by atoms with Crippen molar-refractivity contribution in [1.29, 1.82) is 0 Å². The van der Waals surface area contributed by atoms with Crippen molar-refractivity contribution >= 4 is 23.4 Å². The first kappa shape index (κ1) is 31.7. The first-order valence-electron chi connectivity index (χ1n) is 15.5. The first-order valence-corrected chi connectivity index (χ1v) is 15.5. The van der Waals surface area contributed by atoms with Crippen LogP contribution in [-0.4, -0.2) is 77.9 Å². The second kappa shape index (κ2) is 14.4. The monoisotopic (exact) mass is 605 g/mol. The van der Waals surface area contributed by atoms with Gasteiger partial charge in [-0.1, -0.05) is 24.3 Å². The molecule has 2 fully saturated rings. The van der Waals surface area contributed by atoms with E-state index in [1.165, 1.54) is 31.1 Å². The minimum Gasteiger partial charge on any atom is -0.345 e. The largest absolute Gasteiger partial charge is 0.416 e. The molecular formula is C35H42F3N5O. The van der Waals surface area contributed by atoms with Gasteiger partial charge in [-0.15, -0.1) is 0 Å². The molecule has 1 aromatic heterocycles. The predicted molar refractivity (Wildman–Crippen MR) is 170 cm³/mol. The number of nitrogens with zero attached hydrogens (tertiary/aromatic N) is 5. The second-order valence-electron chi connectivity index (χ2n) is 12.0. The molecule has 0 bridgehead atoms. The topological polar surface area (TPSA) is 42.9 Å². The van der Waals surface area contributed by atoms with Crippen LogP contribution in [0.25, 0.3) is 6.08 Å². The summed E-state index contributed by atoms with van der Waals surface area (Å²) in [6.07, 6.45) is 7.47. The van der Waals surface area contributed by atoms with E-state index >= 15 is 0 Å². The quantitative estimate of drug-likeness (QED) is 0.263. The minimum atomic E-state index is -4.39. The molecular weight excluding hydrogens is 563 g/mol. The molecule has 0 N–H and O–H groups in total. The van der Waals surface area contributed by atoms with E-state index in [-0.39, 0.29) is 11.9 Å². The van der Waals surface area contributed by atoms with Gasteiger partial charge >= 0.3 is 6.18 Å². The third kappa shape index (κ3) is 8.27. The maximum atomic E-state index is 13.8. The van der Waals surface area contributed by atoms with Crippen molar-refractivity contribution < 1.29 is 18.0 Å². The van der Waals surface area contributed by atoms with Crippen molar-refractivity contribution in [3.05, 3.63) is 95.8 Å². The summed E-state index contributed by atoms with van der Waals surface area (Å²) in [5, 5.41) is 0. The Morgan fingerprint density at radius 2 is 1.55 bits per heavy atom. The highest BCUT2D eigenvalue weighted by atomic mass is 19.4. The lowest BCUT2D eigenvalue weighted by Crippen LogP contribution is -2.44. The third-order valence-corrected chi connectivity index (χ3v) is 9.04. The first-order chi connectivity index (χ1) is 21.2. The Hall–Kier alpha value is -3.69. The van der Waals surface area contributed by atoms with Crippen LogP contribution in [0.1, 0.15) is 48.8 Å². The van der Waals surface area contributed by atoms with E-state index in [1.807, 2.05) is 24.1 Å². The Morgan fingerprint density at radius 1 is 0.886 bits per heavy atom. The van der Waals surface area contributed by atoms with Crippen LogP contribution in [0.15, 0.2) is 79.1 Å². The van der Waals surface area contributed by atoms with E-state index in [1.54, 1.807) is 18.5 Å². The van der Waals surface area contributed by atoms with Gasteiger partial charge in [-0.3, -0.25) is 9.78 Å². The van der Waals surface area contributed by atoms with Gasteiger partial charge < -0.3 is 19.6 Å². The van der Waals surface area contributed by atoms with Gasteiger partial charge in [0.2, 0.25) is 5.91 Å². The van der Waals surface area contributed by atoms with Gasteiger partial charge in [0.1, 0.15) is 0 Å². The highest BCUT2D eigenvalue weighted by Crippen LogP contribution is 2.30. The molecule has 44 heavy (non-hydrogen) atoms. The Morgan fingerprint density at radius 3 is 2.20 bits per heavy atom. The number of aromatic nitrogens is 1. The van der Waals surface area contributed by atoms with Crippen molar-refractivity contribution in [3.8, 4) is 0 Å². The summed E-state index contributed by atoms with van der Waals surface area (Å²) >= 11 is 0. The molecule has 0 spiro atoms. The van der Waals surface area contributed by atoms with Gasteiger partial charge in [0, 0.05) is 62.1 Å². The van der Waals surface area contributed by atoms with Crippen LogP contribution < -0.4 is 4.90 Å². The summed E-state index contributed by atoms with van der Waals surface area (Å²) < 4.78 is 39.0. The lowest BCUT2D eigenvalue weighted by atomic mass is 10.0. The van der Waals surface area contributed by atoms with E-state index < -0.39 is 11.7 Å². The number of halogens is 3. The predicted octanol–water partition coefficient (Wildman–Crippen LogP) is 6.86. The highest BCUT2D eigenvalue weighted by molar-refractivity contribution is 5.92. The number of alkyl halides is 3. The molecule has 1 amide bonds. The molecule has 0 aliphatic carbocycles. The Bertz CT molecular complexity index is 1370. The van der Waals surface area contributed by atoms with Crippen LogP contribution in [0, 0.1) is 0 Å². The van der Waals surface area contributed by atoms with Crippen LogP contribution in [-0.2, 0) is 17.5 Å². The van der Waals surface area contributed by atoms with Crippen LogP contribution in [0.4, 0.5) is 24.5 Å². The Balaban J connectivity index is 1.31. The fraction of sp³-hybridized carbons (Fsp3) is 0.429. The molecule has 9 heteroatoms. The molecule has 0 radical (unpaired) electrons. The van der Waals surface area contributed by atoms with Gasteiger partial charge in [-0.25, -0.2) is 0 Å². The normalized spacial score (nSPS) is 19.2. The fourth-order valence-electron chi connectivity index (χ4n) is 6.31. The summed E-state index contributed by atoms with van der Waals surface area (Å²) in [4.78, 5) is 26.9. The number of pyridine rings is 1. The number of amides is 1. The third-order valence-electron chi connectivity index (χ3n) is 9.04. The summed E-state index contributed by atoms with van der Waals surface area (Å²) in [5.74, 6) is -0.124. The van der Waals surface area contributed by atoms with Crippen molar-refractivity contribution in [3.63, 3.8) is 0 Å². The fourth-order valence-corrected chi connectivity index (χ4v) is 6.31. The molecule has 0 saturated carbocycles. The second-order valence-corrected chi connectivity index (χ2v) is 12.0. The summed E-state index contributed by atoms with van der Waals surface area (Å²) in [6, 6.07) is 17.7. The van der Waals surface area contributed by atoms with E-state index in [0.29, 0.717) is 18.2 Å². The number of hydrogen-bond acceptors (Lipinski definition) is 5. The minimum absolute atomic E-state index is 0.0789. The molecule has 3 aromatic rings. The van der Waals surface area contributed by atoms with Crippen molar-refractivity contribution in [2.75, 3.05) is 45.2 Å². The Labute approximate surface area is 258 Å². The number of rotatable bonds is 8. The molecule has 5 rings (SSSR count). The number of carbonyl (C=O) groups excluding carboxylic acids is 1. The summed E-state index contributed by atoms with van der Waals surface area (Å²) in [5.41, 5.74) is 2.95. The van der Waals surface area contributed by atoms with Crippen LogP contribution in [0.3, 0.4) is 0 Å². The molecule has 2 aliphatic rings. The maximum Gasteiger partial charge on any atom is 0.416 e. The van der Waals surface area contributed by atoms with Crippen LogP contribution in [0.5, 0.6) is 0 Å². The molecule has 1 unspecified atom stereocenters. The number of carbonyl (C=O) groups is 1. The smallest absolute Gasteiger partial charge is 0.345 e. The lowest BCUT2D eigenvalue weighted by Gasteiger charge is -2.37. The Kier molecular flexibility index (Phi) is 10.4. The van der Waals surface area contributed by atoms with Crippen molar-refractivity contribution in [2.24, 2.45) is 0 Å². The van der Waals surface area contributed by atoms with Crippen LogP contribution >= 0.6 is 0 Å². The van der Waals surface area contributed by atoms with Gasteiger partial charge in [0.25, 0.3) is 0 Å². The van der Waals surface area contributed by atoms with Crippen LogP contribution in [0.2, 0.25) is 0 Å². The summed E-state index contributed by atoms with van der Waals surface area (Å²) in [6.45, 7) is 4.71. The van der Waals surface area contributed by atoms with Crippen molar-refractivity contribution in [1.82, 2.24) is 19.7 Å². The molecule has 6 nitrogen and oxygen atoms in total. The molecule has 3 heterocycles. The van der Waals surface area contributed by atoms with E-state index in [4.69, 9.17) is 0 Å². The number of likely N-dealkylation sites (tertiary alicyclic amines) is 2. The molecule has 2 aromatic carbocycles. The molecule has 2 saturated heterocycles. The molecule has 234 valence electrons. The van der Waals surface area contributed by atoms with Gasteiger partial charge in [-0.2, -0.15) is 13.2 Å². The maximum absolute atomic E-state index is 13.8. The van der Waals surface area contributed by atoms with Crippen molar-refractivity contribution in [2.45, 2.75) is 56.9 Å².